The monoisotopic (exact) mass is 278 g/mol. The molecule has 0 radical (unpaired) electrons. The van der Waals surface area contributed by atoms with Crippen LogP contribution in [0, 0.1) is 0 Å². The van der Waals surface area contributed by atoms with Gasteiger partial charge in [-0.25, -0.2) is 4.79 Å². The zero-order valence-electron chi connectivity index (χ0n) is 12.1. The zero-order chi connectivity index (χ0) is 14.8. The second-order valence-corrected chi connectivity index (χ2v) is 5.66. The van der Waals surface area contributed by atoms with Gasteiger partial charge in [0, 0.05) is 18.4 Å². The molecule has 1 heterocycles. The molecule has 0 N–H and O–H groups in total. The Morgan fingerprint density at radius 2 is 1.95 bits per heavy atom. The first kappa shape index (κ1) is 13.6. The third-order valence-electron chi connectivity index (χ3n) is 3.67. The average Bonchev–Trinajstić information content (AvgIpc) is 2.77. The van der Waals surface area contributed by atoms with Gasteiger partial charge in [0.15, 0.2) is 0 Å². The van der Waals surface area contributed by atoms with Crippen molar-refractivity contribution in [3.05, 3.63) is 71.8 Å². The topological polar surface area (TPSA) is 26.3 Å². The van der Waals surface area contributed by atoms with Crippen molar-refractivity contribution in [3.63, 3.8) is 0 Å². The fraction of sp³-hybridized carbons (Fsp3) is 0.211. The molecule has 0 bridgehead atoms. The number of esters is 1. The summed E-state index contributed by atoms with van der Waals surface area (Å²) in [5.41, 5.74) is 2.90. The lowest BCUT2D eigenvalue weighted by atomic mass is 10.0. The van der Waals surface area contributed by atoms with Crippen LogP contribution in [0.5, 0.6) is 0 Å². The van der Waals surface area contributed by atoms with E-state index >= 15 is 0 Å². The van der Waals surface area contributed by atoms with E-state index < -0.39 is 0 Å². The number of ether oxygens (including phenoxy) is 1. The normalized spacial score (nSPS) is 17.7. The maximum absolute atomic E-state index is 11.9. The Balaban J connectivity index is 1.81. The quantitative estimate of drug-likeness (QED) is 0.619. The molecule has 0 fully saturated rings. The molecule has 0 aromatic heterocycles. The summed E-state index contributed by atoms with van der Waals surface area (Å²) in [5.74, 6) is -0.200. The van der Waals surface area contributed by atoms with E-state index in [-0.39, 0.29) is 12.1 Å². The fourth-order valence-corrected chi connectivity index (χ4v) is 2.68. The summed E-state index contributed by atoms with van der Waals surface area (Å²) >= 11 is 0. The van der Waals surface area contributed by atoms with Crippen LogP contribution >= 0.6 is 0 Å². The molecule has 2 heteroatoms. The van der Waals surface area contributed by atoms with Crippen molar-refractivity contribution in [3.8, 4) is 0 Å². The highest BCUT2D eigenvalue weighted by molar-refractivity contribution is 5.92. The van der Waals surface area contributed by atoms with E-state index in [1.54, 1.807) is 0 Å². The smallest absolute Gasteiger partial charge is 0.334 e. The number of rotatable bonds is 4. The number of hydrogen-bond donors (Lipinski definition) is 0. The molecule has 0 aliphatic carbocycles. The Morgan fingerprint density at radius 3 is 2.71 bits per heavy atom. The first-order chi connectivity index (χ1) is 10.1. The molecule has 0 saturated heterocycles. The molecule has 106 valence electrons. The Hall–Kier alpha value is -2.35. The first-order valence-corrected chi connectivity index (χ1v) is 7.15. The van der Waals surface area contributed by atoms with Gasteiger partial charge in [0.1, 0.15) is 6.10 Å². The maximum Gasteiger partial charge on any atom is 0.334 e. The van der Waals surface area contributed by atoms with Crippen LogP contribution in [0.2, 0.25) is 0 Å². The van der Waals surface area contributed by atoms with Gasteiger partial charge in [0.2, 0.25) is 0 Å². The third-order valence-corrected chi connectivity index (χ3v) is 3.67. The summed E-state index contributed by atoms with van der Waals surface area (Å²) < 4.78 is 5.35. The molecule has 2 aromatic carbocycles. The molecule has 2 aromatic rings. The van der Waals surface area contributed by atoms with E-state index in [0.717, 1.165) is 16.7 Å². The van der Waals surface area contributed by atoms with Crippen molar-refractivity contribution in [2.75, 3.05) is 0 Å². The molecule has 1 aliphatic heterocycles. The van der Waals surface area contributed by atoms with E-state index in [0.29, 0.717) is 12.8 Å². The van der Waals surface area contributed by atoms with Crippen molar-refractivity contribution in [1.82, 2.24) is 0 Å². The van der Waals surface area contributed by atoms with Crippen molar-refractivity contribution >= 4 is 16.7 Å². The Morgan fingerprint density at radius 1 is 1.19 bits per heavy atom. The second-order valence-electron chi connectivity index (χ2n) is 5.66. The minimum atomic E-state index is -0.200. The standard InChI is InChI=1S/C19H18O2/c1-13(2)9-18-12-17(19(20)21-18)11-14-7-8-15-5-3-4-6-16(15)10-14/h3-8,10,12,18H,1,9,11H2,2H3/t18-/m1/s1. The van der Waals surface area contributed by atoms with E-state index in [1.807, 2.05) is 25.1 Å². The summed E-state index contributed by atoms with van der Waals surface area (Å²) in [6, 6.07) is 14.5. The second kappa shape index (κ2) is 5.57. The van der Waals surface area contributed by atoms with Crippen molar-refractivity contribution in [2.45, 2.75) is 25.9 Å². The summed E-state index contributed by atoms with van der Waals surface area (Å²) in [7, 11) is 0. The highest BCUT2D eigenvalue weighted by Crippen LogP contribution is 2.24. The predicted molar refractivity (Wildman–Crippen MR) is 85.0 cm³/mol. The number of carbonyl (C=O) groups excluding carboxylic acids is 1. The fourth-order valence-electron chi connectivity index (χ4n) is 2.68. The van der Waals surface area contributed by atoms with Gasteiger partial charge in [0.05, 0.1) is 0 Å². The number of hydrogen-bond acceptors (Lipinski definition) is 2. The van der Waals surface area contributed by atoms with Crippen LogP contribution in [-0.2, 0) is 16.0 Å². The molecule has 0 amide bonds. The molecule has 1 atom stereocenters. The third kappa shape index (κ3) is 3.05. The maximum atomic E-state index is 11.9. The minimum Gasteiger partial charge on any atom is -0.454 e. The first-order valence-electron chi connectivity index (χ1n) is 7.15. The average molecular weight is 278 g/mol. The highest BCUT2D eigenvalue weighted by Gasteiger charge is 2.25. The zero-order valence-corrected chi connectivity index (χ0v) is 12.1. The summed E-state index contributed by atoms with van der Waals surface area (Å²) in [4.78, 5) is 11.9. The van der Waals surface area contributed by atoms with Crippen molar-refractivity contribution < 1.29 is 9.53 Å². The molecule has 3 rings (SSSR count). The molecular formula is C19H18O2. The number of cyclic esters (lactones) is 1. The van der Waals surface area contributed by atoms with E-state index in [4.69, 9.17) is 4.74 Å². The van der Waals surface area contributed by atoms with Gasteiger partial charge in [-0.3, -0.25) is 0 Å². The lowest BCUT2D eigenvalue weighted by Crippen LogP contribution is -2.08. The largest absolute Gasteiger partial charge is 0.454 e. The van der Waals surface area contributed by atoms with E-state index in [9.17, 15) is 4.79 Å². The molecule has 21 heavy (non-hydrogen) atoms. The van der Waals surface area contributed by atoms with Crippen LogP contribution in [0.15, 0.2) is 66.3 Å². The van der Waals surface area contributed by atoms with Crippen LogP contribution in [0.3, 0.4) is 0 Å². The molecule has 0 spiro atoms. The van der Waals surface area contributed by atoms with Gasteiger partial charge >= 0.3 is 5.97 Å². The molecule has 0 unspecified atom stereocenters. The van der Waals surface area contributed by atoms with Crippen molar-refractivity contribution in [1.29, 1.82) is 0 Å². The lowest BCUT2D eigenvalue weighted by molar-refractivity contribution is -0.139. The minimum absolute atomic E-state index is 0.148. The SMILES string of the molecule is C=C(C)C[C@@H]1C=C(Cc2ccc3ccccc3c2)C(=O)O1. The molecule has 1 aliphatic rings. The lowest BCUT2D eigenvalue weighted by Gasteiger charge is -2.06. The van der Waals surface area contributed by atoms with Crippen LogP contribution in [0.4, 0.5) is 0 Å². The van der Waals surface area contributed by atoms with Gasteiger partial charge in [-0.2, -0.15) is 0 Å². The van der Waals surface area contributed by atoms with Gasteiger partial charge in [-0.05, 0) is 29.3 Å². The van der Waals surface area contributed by atoms with Crippen molar-refractivity contribution in [2.24, 2.45) is 0 Å². The Kier molecular flexibility index (Phi) is 3.61. The van der Waals surface area contributed by atoms with E-state index in [1.165, 1.54) is 10.8 Å². The van der Waals surface area contributed by atoms with Crippen LogP contribution in [0.1, 0.15) is 18.9 Å². The number of fused-ring (bicyclic) bond motifs is 1. The molecule has 0 saturated carbocycles. The summed E-state index contributed by atoms with van der Waals surface area (Å²) in [6.45, 7) is 5.81. The molecular weight excluding hydrogens is 260 g/mol. The van der Waals surface area contributed by atoms with Crippen LogP contribution in [-0.4, -0.2) is 12.1 Å². The molecule has 2 nitrogen and oxygen atoms in total. The predicted octanol–water partition coefficient (Wildman–Crippen LogP) is 4.20. The number of benzene rings is 2. The Labute approximate surface area is 124 Å². The summed E-state index contributed by atoms with van der Waals surface area (Å²) in [5, 5.41) is 2.41. The van der Waals surface area contributed by atoms with Gasteiger partial charge in [-0.1, -0.05) is 54.6 Å². The van der Waals surface area contributed by atoms with Crippen LogP contribution < -0.4 is 0 Å². The van der Waals surface area contributed by atoms with E-state index in [2.05, 4.69) is 36.9 Å². The van der Waals surface area contributed by atoms with Gasteiger partial charge < -0.3 is 4.74 Å². The number of carbonyl (C=O) groups is 1. The van der Waals surface area contributed by atoms with Gasteiger partial charge in [0.25, 0.3) is 0 Å². The van der Waals surface area contributed by atoms with Gasteiger partial charge in [-0.15, -0.1) is 0 Å². The van der Waals surface area contributed by atoms with Crippen LogP contribution in [0.25, 0.3) is 10.8 Å². The Bertz CT molecular complexity index is 740. The highest BCUT2D eigenvalue weighted by atomic mass is 16.5. The summed E-state index contributed by atoms with van der Waals surface area (Å²) in [6.07, 6.45) is 3.11.